The molecule has 5 heteroatoms. The first-order valence-electron chi connectivity index (χ1n) is 8.01. The minimum Gasteiger partial charge on any atom is -0.357 e. The van der Waals surface area contributed by atoms with Gasteiger partial charge < -0.3 is 10.2 Å². The van der Waals surface area contributed by atoms with E-state index in [0.29, 0.717) is 11.3 Å². The smallest absolute Gasteiger partial charge is 0.193 e. The fourth-order valence-corrected chi connectivity index (χ4v) is 2.75. The zero-order chi connectivity index (χ0) is 15.3. The van der Waals surface area contributed by atoms with Gasteiger partial charge in [-0.2, -0.15) is 5.10 Å². The number of nitrogens with one attached hydrogen (secondary N) is 1. The first kappa shape index (κ1) is 15.9. The summed E-state index contributed by atoms with van der Waals surface area (Å²) in [5.41, 5.74) is 0.400. The molecule has 1 saturated heterocycles. The second-order valence-corrected chi connectivity index (χ2v) is 6.86. The van der Waals surface area contributed by atoms with Crippen LogP contribution in [-0.4, -0.2) is 46.8 Å². The summed E-state index contributed by atoms with van der Waals surface area (Å²) in [5, 5.41) is 7.69. The average molecular weight is 291 g/mol. The van der Waals surface area contributed by atoms with E-state index < -0.39 is 0 Å². The van der Waals surface area contributed by atoms with Crippen molar-refractivity contribution in [2.75, 3.05) is 26.2 Å². The Balaban J connectivity index is 1.91. The van der Waals surface area contributed by atoms with Crippen molar-refractivity contribution in [3.8, 4) is 0 Å². The number of guanidine groups is 1. The molecule has 2 rings (SSSR count). The van der Waals surface area contributed by atoms with E-state index in [1.165, 1.54) is 6.42 Å². The maximum Gasteiger partial charge on any atom is 0.193 e. The van der Waals surface area contributed by atoms with Crippen molar-refractivity contribution in [1.82, 2.24) is 20.0 Å². The molecule has 1 aromatic rings. The highest BCUT2D eigenvalue weighted by Crippen LogP contribution is 2.28. The predicted octanol–water partition coefficient (Wildman–Crippen LogP) is 2.22. The number of nitrogens with zero attached hydrogens (tertiary/aromatic N) is 4. The van der Waals surface area contributed by atoms with Gasteiger partial charge in [0, 0.05) is 45.1 Å². The maximum absolute atomic E-state index is 4.83. The summed E-state index contributed by atoms with van der Waals surface area (Å²) < 4.78 is 1.98. The Morgan fingerprint density at radius 2 is 2.29 bits per heavy atom. The van der Waals surface area contributed by atoms with E-state index in [1.807, 2.05) is 23.1 Å². The lowest BCUT2D eigenvalue weighted by Gasteiger charge is -2.24. The van der Waals surface area contributed by atoms with Crippen molar-refractivity contribution < 1.29 is 0 Å². The second kappa shape index (κ2) is 6.96. The van der Waals surface area contributed by atoms with E-state index in [-0.39, 0.29) is 0 Å². The number of hydrogen-bond donors (Lipinski definition) is 1. The molecule has 0 aliphatic carbocycles. The summed E-state index contributed by atoms with van der Waals surface area (Å²) in [4.78, 5) is 7.22. The lowest BCUT2D eigenvalue weighted by atomic mass is 9.93. The lowest BCUT2D eigenvalue weighted by Crippen LogP contribution is -2.41. The molecule has 1 aliphatic heterocycles. The van der Waals surface area contributed by atoms with Crippen LogP contribution in [0, 0.1) is 11.3 Å². The zero-order valence-corrected chi connectivity index (χ0v) is 13.8. The van der Waals surface area contributed by atoms with Gasteiger partial charge in [-0.15, -0.1) is 0 Å². The Morgan fingerprint density at radius 3 is 2.86 bits per heavy atom. The van der Waals surface area contributed by atoms with Crippen LogP contribution in [0.1, 0.15) is 34.1 Å². The molecule has 1 unspecified atom stereocenters. The average Bonchev–Trinajstić information content (AvgIpc) is 3.04. The Hall–Kier alpha value is -1.52. The molecule has 21 heavy (non-hydrogen) atoms. The first-order valence-corrected chi connectivity index (χ1v) is 8.01. The number of rotatable bonds is 5. The summed E-state index contributed by atoms with van der Waals surface area (Å²) >= 11 is 0. The molecule has 118 valence electrons. The molecule has 0 saturated carbocycles. The van der Waals surface area contributed by atoms with Crippen LogP contribution >= 0.6 is 0 Å². The Labute approximate surface area is 128 Å². The maximum atomic E-state index is 4.83. The SMILES string of the molecule is CCNC(=NCC(C)Cn1cccn1)N1CCC(C)(C)C1. The standard InChI is InChI=1S/C16H29N5/c1-5-17-15(20-10-7-16(3,4)13-20)18-11-14(2)12-21-9-6-8-19-21/h6,8-9,14H,5,7,10-13H2,1-4H3,(H,17,18). The van der Waals surface area contributed by atoms with Gasteiger partial charge in [-0.05, 0) is 30.7 Å². The number of likely N-dealkylation sites (tertiary alicyclic amines) is 1. The van der Waals surface area contributed by atoms with E-state index in [9.17, 15) is 0 Å². The van der Waals surface area contributed by atoms with E-state index in [4.69, 9.17) is 4.99 Å². The highest BCUT2D eigenvalue weighted by Gasteiger charge is 2.30. The fourth-order valence-electron chi connectivity index (χ4n) is 2.75. The monoisotopic (exact) mass is 291 g/mol. The molecule has 5 nitrogen and oxygen atoms in total. The zero-order valence-electron chi connectivity index (χ0n) is 13.8. The van der Waals surface area contributed by atoms with Gasteiger partial charge in [0.2, 0.25) is 0 Å². The summed E-state index contributed by atoms with van der Waals surface area (Å²) in [5.74, 6) is 1.55. The van der Waals surface area contributed by atoms with E-state index >= 15 is 0 Å². The topological polar surface area (TPSA) is 45.5 Å². The van der Waals surface area contributed by atoms with Crippen LogP contribution in [0.5, 0.6) is 0 Å². The molecule has 0 amide bonds. The van der Waals surface area contributed by atoms with Crippen LogP contribution in [0.2, 0.25) is 0 Å². The molecule has 1 aromatic heterocycles. The van der Waals surface area contributed by atoms with Crippen LogP contribution in [0.3, 0.4) is 0 Å². The van der Waals surface area contributed by atoms with Crippen molar-refractivity contribution >= 4 is 5.96 Å². The Bertz CT molecular complexity index is 449. The third-order valence-electron chi connectivity index (χ3n) is 3.92. The molecule has 2 heterocycles. The molecule has 1 aliphatic rings. The summed E-state index contributed by atoms with van der Waals surface area (Å²) in [6.45, 7) is 13.9. The summed E-state index contributed by atoms with van der Waals surface area (Å²) in [6.07, 6.45) is 5.07. The number of aromatic nitrogens is 2. The molecular weight excluding hydrogens is 262 g/mol. The third kappa shape index (κ3) is 4.76. The molecule has 0 bridgehead atoms. The molecule has 1 N–H and O–H groups in total. The van der Waals surface area contributed by atoms with E-state index in [1.54, 1.807) is 0 Å². The molecule has 0 radical (unpaired) electrons. The largest absolute Gasteiger partial charge is 0.357 e. The van der Waals surface area contributed by atoms with Gasteiger partial charge in [-0.25, -0.2) is 0 Å². The van der Waals surface area contributed by atoms with Gasteiger partial charge in [0.25, 0.3) is 0 Å². The highest BCUT2D eigenvalue weighted by molar-refractivity contribution is 5.80. The lowest BCUT2D eigenvalue weighted by molar-refractivity contribution is 0.369. The van der Waals surface area contributed by atoms with Crippen molar-refractivity contribution in [3.05, 3.63) is 18.5 Å². The van der Waals surface area contributed by atoms with Crippen LogP contribution in [0.15, 0.2) is 23.5 Å². The fraction of sp³-hybridized carbons (Fsp3) is 0.750. The van der Waals surface area contributed by atoms with Crippen LogP contribution in [0.4, 0.5) is 0 Å². The molecule has 1 fully saturated rings. The minimum absolute atomic E-state index is 0.400. The molecule has 1 atom stereocenters. The van der Waals surface area contributed by atoms with Crippen LogP contribution in [0.25, 0.3) is 0 Å². The van der Waals surface area contributed by atoms with Gasteiger partial charge in [-0.3, -0.25) is 9.67 Å². The molecule has 0 spiro atoms. The second-order valence-electron chi connectivity index (χ2n) is 6.86. The van der Waals surface area contributed by atoms with E-state index in [0.717, 1.165) is 38.7 Å². The Morgan fingerprint density at radius 1 is 1.48 bits per heavy atom. The van der Waals surface area contributed by atoms with E-state index in [2.05, 4.69) is 43.0 Å². The van der Waals surface area contributed by atoms with Crippen molar-refractivity contribution in [2.45, 2.75) is 40.7 Å². The quantitative estimate of drug-likeness (QED) is 0.668. The Kier molecular flexibility index (Phi) is 5.26. The molecular formula is C16H29N5. The van der Waals surface area contributed by atoms with Gasteiger partial charge in [0.15, 0.2) is 5.96 Å². The summed E-state index contributed by atoms with van der Waals surface area (Å²) in [6, 6.07) is 1.96. The van der Waals surface area contributed by atoms with Gasteiger partial charge >= 0.3 is 0 Å². The highest BCUT2D eigenvalue weighted by atomic mass is 15.3. The van der Waals surface area contributed by atoms with Gasteiger partial charge in [0.05, 0.1) is 0 Å². The predicted molar refractivity (Wildman–Crippen MR) is 87.3 cm³/mol. The number of aliphatic imine (C=N–C) groups is 1. The van der Waals surface area contributed by atoms with Crippen molar-refractivity contribution in [1.29, 1.82) is 0 Å². The van der Waals surface area contributed by atoms with Crippen LogP contribution in [-0.2, 0) is 6.54 Å². The normalized spacial score (nSPS) is 19.8. The summed E-state index contributed by atoms with van der Waals surface area (Å²) in [7, 11) is 0. The van der Waals surface area contributed by atoms with Crippen molar-refractivity contribution in [2.24, 2.45) is 16.3 Å². The minimum atomic E-state index is 0.400. The van der Waals surface area contributed by atoms with Crippen LogP contribution < -0.4 is 5.32 Å². The molecule has 0 aromatic carbocycles. The van der Waals surface area contributed by atoms with Gasteiger partial charge in [0.1, 0.15) is 0 Å². The first-order chi connectivity index (χ1) is 10.00. The third-order valence-corrected chi connectivity index (χ3v) is 3.92. The number of hydrogen-bond acceptors (Lipinski definition) is 2. The van der Waals surface area contributed by atoms with Crippen molar-refractivity contribution in [3.63, 3.8) is 0 Å². The van der Waals surface area contributed by atoms with Gasteiger partial charge in [-0.1, -0.05) is 20.8 Å².